The Morgan fingerprint density at radius 2 is 1.93 bits per heavy atom. The summed E-state index contributed by atoms with van der Waals surface area (Å²) in [7, 11) is 0. The van der Waals surface area contributed by atoms with E-state index in [1.165, 1.54) is 12.8 Å². The number of para-hydroxylation sites is 1. The van der Waals surface area contributed by atoms with Crippen molar-refractivity contribution in [1.82, 2.24) is 0 Å². The average Bonchev–Trinajstić information content (AvgIpc) is 2.18. The van der Waals surface area contributed by atoms with Gasteiger partial charge in [-0.2, -0.15) is 0 Å². The van der Waals surface area contributed by atoms with Crippen LogP contribution in [0.5, 0.6) is 5.75 Å². The molecule has 1 nitrogen and oxygen atoms in total. The van der Waals surface area contributed by atoms with Crippen molar-refractivity contribution >= 4 is 22.3 Å². The number of benzene rings is 1. The zero-order valence-corrected chi connectivity index (χ0v) is 10.9. The fraction of sp³-hybridized carbons (Fsp3) is 0.500. The van der Waals surface area contributed by atoms with Gasteiger partial charge in [-0.25, -0.2) is 0 Å². The van der Waals surface area contributed by atoms with E-state index < -0.39 is 0 Å². The first-order chi connectivity index (χ1) is 6.79. The SMILES string of the molecule is CC([Te])CCCCOc1ccccc1. The zero-order valence-electron chi connectivity index (χ0n) is 8.61. The third-order valence-electron chi connectivity index (χ3n) is 2.02. The molecule has 0 amide bonds. The van der Waals surface area contributed by atoms with Crippen molar-refractivity contribution in [3.63, 3.8) is 0 Å². The maximum atomic E-state index is 5.59. The van der Waals surface area contributed by atoms with Gasteiger partial charge in [0.05, 0.1) is 0 Å². The van der Waals surface area contributed by atoms with Gasteiger partial charge < -0.3 is 0 Å². The second kappa shape index (κ2) is 7.15. The van der Waals surface area contributed by atoms with Crippen LogP contribution in [0, 0.1) is 0 Å². The van der Waals surface area contributed by atoms with Gasteiger partial charge in [0.15, 0.2) is 0 Å². The normalized spacial score (nSPS) is 12.4. The molecule has 14 heavy (non-hydrogen) atoms. The molecule has 1 aromatic rings. The Labute approximate surface area is 99.8 Å². The van der Waals surface area contributed by atoms with E-state index in [4.69, 9.17) is 4.74 Å². The third-order valence-corrected chi connectivity index (χ3v) is 2.69. The molecule has 1 rings (SSSR count). The minimum atomic E-state index is 0.822. The molecule has 0 heterocycles. The van der Waals surface area contributed by atoms with Crippen LogP contribution in [0.15, 0.2) is 30.3 Å². The van der Waals surface area contributed by atoms with E-state index in [0.717, 1.165) is 22.7 Å². The molecule has 0 bridgehead atoms. The number of unbranched alkanes of at least 4 members (excludes halogenated alkanes) is 1. The molecule has 77 valence electrons. The van der Waals surface area contributed by atoms with Crippen LogP contribution in [0.4, 0.5) is 0 Å². The van der Waals surface area contributed by atoms with Gasteiger partial charge in [-0.05, 0) is 0 Å². The van der Waals surface area contributed by atoms with Gasteiger partial charge in [0, 0.05) is 0 Å². The molecule has 0 saturated heterocycles. The summed E-state index contributed by atoms with van der Waals surface area (Å²) in [6.45, 7) is 3.11. The second-order valence-corrected chi connectivity index (χ2v) is 5.76. The van der Waals surface area contributed by atoms with Crippen LogP contribution < -0.4 is 4.74 Å². The van der Waals surface area contributed by atoms with E-state index in [0.29, 0.717) is 0 Å². The van der Waals surface area contributed by atoms with Crippen molar-refractivity contribution in [3.05, 3.63) is 30.3 Å². The van der Waals surface area contributed by atoms with Crippen LogP contribution in [-0.2, 0) is 0 Å². The Morgan fingerprint density at radius 3 is 2.57 bits per heavy atom. The summed E-state index contributed by atoms with van der Waals surface area (Å²) in [5, 5.41) is 0. The van der Waals surface area contributed by atoms with E-state index in [2.05, 4.69) is 29.2 Å². The first kappa shape index (κ1) is 11.9. The monoisotopic (exact) mass is 307 g/mol. The molecule has 0 aliphatic rings. The van der Waals surface area contributed by atoms with Crippen molar-refractivity contribution in [2.45, 2.75) is 30.2 Å². The maximum absolute atomic E-state index is 5.59. The summed E-state index contributed by atoms with van der Waals surface area (Å²) >= 11 is 2.19. The molecule has 1 aromatic carbocycles. The standard InChI is InChI=1S/C12H17OTe/c1-11(14)7-5-6-10-13-12-8-3-2-4-9-12/h2-4,8-9,11H,5-7,10H2,1H3. The van der Waals surface area contributed by atoms with Gasteiger partial charge in [-0.15, -0.1) is 0 Å². The molecule has 0 fully saturated rings. The van der Waals surface area contributed by atoms with Gasteiger partial charge >= 0.3 is 99.9 Å². The van der Waals surface area contributed by atoms with Crippen molar-refractivity contribution in [3.8, 4) is 5.75 Å². The number of ether oxygens (including phenoxy) is 1. The van der Waals surface area contributed by atoms with E-state index in [-0.39, 0.29) is 0 Å². The van der Waals surface area contributed by atoms with Gasteiger partial charge in [-0.3, -0.25) is 0 Å². The topological polar surface area (TPSA) is 9.23 Å². The molecule has 1 unspecified atom stereocenters. The summed E-state index contributed by atoms with van der Waals surface area (Å²) in [6, 6.07) is 10.0. The van der Waals surface area contributed by atoms with Gasteiger partial charge in [-0.1, -0.05) is 0 Å². The van der Waals surface area contributed by atoms with Crippen LogP contribution in [0.25, 0.3) is 0 Å². The van der Waals surface area contributed by atoms with Gasteiger partial charge in [0.1, 0.15) is 0 Å². The van der Waals surface area contributed by atoms with Crippen LogP contribution in [-0.4, -0.2) is 28.9 Å². The molecule has 2 heteroatoms. The molecule has 0 aliphatic carbocycles. The summed E-state index contributed by atoms with van der Waals surface area (Å²) < 4.78 is 6.41. The molecule has 0 N–H and O–H groups in total. The number of hydrogen-bond donors (Lipinski definition) is 0. The Balaban J connectivity index is 2.05. The van der Waals surface area contributed by atoms with Crippen LogP contribution in [0.1, 0.15) is 26.2 Å². The molecule has 0 aromatic heterocycles. The molecular formula is C12H17OTe. The predicted molar refractivity (Wildman–Crippen MR) is 61.0 cm³/mol. The Morgan fingerprint density at radius 1 is 1.21 bits per heavy atom. The fourth-order valence-corrected chi connectivity index (χ4v) is 1.72. The van der Waals surface area contributed by atoms with Crippen molar-refractivity contribution < 1.29 is 4.74 Å². The van der Waals surface area contributed by atoms with Crippen molar-refractivity contribution in [2.24, 2.45) is 0 Å². The quantitative estimate of drug-likeness (QED) is 0.579. The zero-order chi connectivity index (χ0) is 10.2. The predicted octanol–water partition coefficient (Wildman–Crippen LogP) is 3.21. The van der Waals surface area contributed by atoms with Crippen molar-refractivity contribution in [2.75, 3.05) is 6.61 Å². The second-order valence-electron chi connectivity index (χ2n) is 3.47. The number of rotatable bonds is 6. The van der Waals surface area contributed by atoms with E-state index in [9.17, 15) is 0 Å². The van der Waals surface area contributed by atoms with E-state index in [1.807, 2.05) is 30.3 Å². The van der Waals surface area contributed by atoms with Gasteiger partial charge in [0.2, 0.25) is 0 Å². The summed E-state index contributed by atoms with van der Waals surface area (Å²) in [5.41, 5.74) is 0. The first-order valence-corrected chi connectivity index (χ1v) is 6.47. The van der Waals surface area contributed by atoms with Gasteiger partial charge in [0.25, 0.3) is 0 Å². The number of hydrogen-bond acceptors (Lipinski definition) is 1. The summed E-state index contributed by atoms with van der Waals surface area (Å²) in [5.74, 6) is 0.984. The molecular weight excluding hydrogens is 288 g/mol. The van der Waals surface area contributed by atoms with Crippen LogP contribution in [0.3, 0.4) is 0 Å². The summed E-state index contributed by atoms with van der Waals surface area (Å²) in [4.78, 5) is 0. The van der Waals surface area contributed by atoms with E-state index in [1.54, 1.807) is 0 Å². The average molecular weight is 305 g/mol. The molecule has 1 radical (unpaired) electrons. The van der Waals surface area contributed by atoms with Crippen LogP contribution >= 0.6 is 0 Å². The van der Waals surface area contributed by atoms with Crippen LogP contribution in [0.2, 0.25) is 3.97 Å². The van der Waals surface area contributed by atoms with Crippen molar-refractivity contribution in [1.29, 1.82) is 0 Å². The molecule has 0 aliphatic heterocycles. The fourth-order valence-electron chi connectivity index (χ4n) is 1.24. The summed E-state index contributed by atoms with van der Waals surface area (Å²) in [6.07, 6.45) is 3.74. The third kappa shape index (κ3) is 5.52. The van der Waals surface area contributed by atoms with E-state index >= 15 is 0 Å². The Bertz CT molecular complexity index is 233. The molecule has 0 spiro atoms. The minimum absolute atomic E-state index is 0.822. The Kier molecular flexibility index (Phi) is 6.07. The molecule has 0 saturated carbocycles. The first-order valence-electron chi connectivity index (χ1n) is 5.12. The Hall–Kier alpha value is -0.190. The molecule has 1 atom stereocenters.